The number of carbonyl (C=O) groups is 3. The van der Waals surface area contributed by atoms with E-state index in [4.69, 9.17) is 19.4 Å². The highest BCUT2D eigenvalue weighted by Gasteiger charge is 2.38. The Morgan fingerprint density at radius 1 is 1.48 bits per heavy atom. The van der Waals surface area contributed by atoms with E-state index < -0.39 is 29.3 Å². The molecular weight excluding hydrogens is 470 g/mol. The molecule has 0 radical (unpaired) electrons. The minimum Gasteiger partial charge on any atom is -0.534 e. The third-order valence-electron chi connectivity index (χ3n) is 3.68. The van der Waals surface area contributed by atoms with Gasteiger partial charge in [-0.05, 0) is 18.1 Å². The van der Waals surface area contributed by atoms with Gasteiger partial charge in [-0.3, -0.25) is 4.79 Å². The molecule has 1 aliphatic rings. The molecule has 0 fully saturated rings. The fraction of sp³-hybridized carbons (Fsp3) is 0.375. The number of rotatable bonds is 6. The second-order valence-corrected chi connectivity index (χ2v) is 6.55. The fourth-order valence-corrected chi connectivity index (χ4v) is 2.88. The van der Waals surface area contributed by atoms with Crippen molar-refractivity contribution in [1.29, 1.82) is 5.26 Å². The molecule has 11 heteroatoms. The van der Waals surface area contributed by atoms with Crippen LogP contribution in [0.1, 0.15) is 35.7 Å². The maximum absolute atomic E-state index is 12.3. The Kier molecular flexibility index (Phi) is 7.43. The molecule has 0 aliphatic carbocycles. The highest BCUT2D eigenvalue weighted by molar-refractivity contribution is 14.1. The van der Waals surface area contributed by atoms with Crippen molar-refractivity contribution in [3.63, 3.8) is 0 Å². The van der Waals surface area contributed by atoms with Crippen molar-refractivity contribution in [1.82, 2.24) is 5.32 Å². The maximum atomic E-state index is 12.3. The summed E-state index contributed by atoms with van der Waals surface area (Å²) in [5.41, 5.74) is 0.663. The summed E-state index contributed by atoms with van der Waals surface area (Å²) in [7, 11) is -1.37. The number of nitrogens with one attached hydrogen (secondary N) is 1. The third-order valence-corrected chi connectivity index (χ3v) is 3.94. The van der Waals surface area contributed by atoms with Gasteiger partial charge in [0.2, 0.25) is 12.2 Å². The van der Waals surface area contributed by atoms with Crippen LogP contribution in [0.3, 0.4) is 0 Å². The number of fused-ring (bicyclic) bond motifs is 1. The van der Waals surface area contributed by atoms with Gasteiger partial charge in [0, 0.05) is 19.8 Å². The molecule has 9 nitrogen and oxygen atoms in total. The topological polar surface area (TPSA) is 135 Å². The molecule has 1 heterocycles. The summed E-state index contributed by atoms with van der Waals surface area (Å²) in [6, 6.07) is 6.64. The Labute approximate surface area is 169 Å². The number of carbonyl (C=O) groups excluding carboxylic acids is 3. The Hall–Kier alpha value is -2.33. The first-order chi connectivity index (χ1) is 12.8. The number of hydrogen-bond acceptors (Lipinski definition) is 8. The van der Waals surface area contributed by atoms with Crippen LogP contribution in [-0.4, -0.2) is 40.2 Å². The molecule has 1 aromatic carbocycles. The van der Waals surface area contributed by atoms with Crippen molar-refractivity contribution in [2.24, 2.45) is 0 Å². The normalized spacial score (nSPS) is 16.2. The van der Waals surface area contributed by atoms with Crippen LogP contribution in [0.4, 0.5) is 4.79 Å². The smallest absolute Gasteiger partial charge is 0.534 e. The Balaban J connectivity index is 2.11. The van der Waals surface area contributed by atoms with Gasteiger partial charge < -0.3 is 24.5 Å². The molecule has 1 aliphatic heterocycles. The highest BCUT2D eigenvalue weighted by Crippen LogP contribution is 2.31. The molecule has 142 valence electrons. The molecule has 0 saturated carbocycles. The second-order valence-electron chi connectivity index (χ2n) is 5.67. The zero-order valence-corrected chi connectivity index (χ0v) is 16.5. The van der Waals surface area contributed by atoms with E-state index >= 15 is 0 Å². The van der Waals surface area contributed by atoms with Crippen LogP contribution in [0.25, 0.3) is 0 Å². The number of ether oxygens (including phenoxy) is 2. The molecule has 0 spiro atoms. The van der Waals surface area contributed by atoms with E-state index in [1.165, 1.54) is 35.6 Å². The van der Waals surface area contributed by atoms with Crippen LogP contribution in [-0.2, 0) is 20.7 Å². The second kappa shape index (κ2) is 9.56. The van der Waals surface area contributed by atoms with Crippen molar-refractivity contribution in [2.75, 3.05) is 0 Å². The van der Waals surface area contributed by atoms with Gasteiger partial charge >= 0.3 is 17.1 Å². The van der Waals surface area contributed by atoms with Crippen molar-refractivity contribution in [3.05, 3.63) is 29.3 Å². The van der Waals surface area contributed by atoms with Gasteiger partial charge in [-0.15, -0.1) is 0 Å². The van der Waals surface area contributed by atoms with Gasteiger partial charge in [0.05, 0.1) is 34.6 Å². The summed E-state index contributed by atoms with van der Waals surface area (Å²) in [6.07, 6.45) is -0.763. The zero-order valence-electron chi connectivity index (χ0n) is 14.3. The molecule has 27 heavy (non-hydrogen) atoms. The molecule has 1 unspecified atom stereocenters. The number of nitriles is 1. The molecule has 0 saturated heterocycles. The summed E-state index contributed by atoms with van der Waals surface area (Å²) in [5.74, 6) is -1.72. The Morgan fingerprint density at radius 3 is 2.89 bits per heavy atom. The van der Waals surface area contributed by atoms with Gasteiger partial charge in [0.25, 0.3) is 0 Å². The largest absolute Gasteiger partial charge is 0.547 e. The van der Waals surface area contributed by atoms with Crippen molar-refractivity contribution >= 4 is 45.6 Å². The molecule has 0 bridgehead atoms. The number of para-hydroxylation sites is 1. The fourth-order valence-electron chi connectivity index (χ4n) is 2.53. The van der Waals surface area contributed by atoms with Crippen molar-refractivity contribution in [2.45, 2.75) is 38.4 Å². The monoisotopic (exact) mass is 486 g/mol. The van der Waals surface area contributed by atoms with Crippen LogP contribution in [0.2, 0.25) is 0 Å². The van der Waals surface area contributed by atoms with Gasteiger partial charge in [0.15, 0.2) is 0 Å². The first kappa shape index (κ1) is 21.0. The van der Waals surface area contributed by atoms with E-state index in [9.17, 15) is 19.4 Å². The van der Waals surface area contributed by atoms with Crippen LogP contribution in [0.5, 0.6) is 5.75 Å². The predicted molar refractivity (Wildman–Crippen MR) is 101 cm³/mol. The highest BCUT2D eigenvalue weighted by atomic mass is 127. The van der Waals surface area contributed by atoms with Crippen LogP contribution in [0, 0.1) is 11.3 Å². The van der Waals surface area contributed by atoms with Crippen molar-refractivity contribution in [3.8, 4) is 11.8 Å². The first-order valence-electron chi connectivity index (χ1n) is 8.01. The van der Waals surface area contributed by atoms with E-state index in [0.717, 1.165) is 0 Å². The van der Waals surface area contributed by atoms with Gasteiger partial charge in [-0.25, -0.2) is 9.59 Å². The molecular formula is C16H16BIN2O7. The summed E-state index contributed by atoms with van der Waals surface area (Å²) < 4.78 is 14.6. The lowest BCUT2D eigenvalue weighted by molar-refractivity contribution is -0.121. The molecule has 1 aromatic rings. The average molecular weight is 486 g/mol. The SMILES string of the molecule is CC(OC(=O)I)OC(=O)c1cccc2c1OB(O)[C@@H](NC(=O)CCC#N)C2. The lowest BCUT2D eigenvalue weighted by Gasteiger charge is -2.29. The van der Waals surface area contributed by atoms with E-state index in [-0.39, 0.29) is 36.5 Å². The summed E-state index contributed by atoms with van der Waals surface area (Å²) >= 11 is 1.41. The van der Waals surface area contributed by atoms with Gasteiger partial charge in [-0.2, -0.15) is 5.26 Å². The molecule has 2 atom stereocenters. The summed E-state index contributed by atoms with van der Waals surface area (Å²) in [4.78, 5) is 35.0. The minimum absolute atomic E-state index is 0.0202. The molecule has 0 aromatic heterocycles. The van der Waals surface area contributed by atoms with E-state index in [0.29, 0.717) is 5.56 Å². The Morgan fingerprint density at radius 2 is 2.22 bits per heavy atom. The van der Waals surface area contributed by atoms with Crippen LogP contribution in [0.15, 0.2) is 18.2 Å². The number of nitrogens with zero attached hydrogens (tertiary/aromatic N) is 1. The number of halogens is 1. The number of benzene rings is 1. The standard InChI is InChI=1S/C16H16BIN2O7/c1-9(26-16(18)23)25-15(22)11-5-2-4-10-8-12(17(24)27-14(10)11)20-13(21)6-3-7-19/h2,4-5,9,12,24H,3,6,8H2,1H3,(H,20,21)/t9?,12-/m0/s1. The lowest BCUT2D eigenvalue weighted by atomic mass is 9.72. The van der Waals surface area contributed by atoms with Crippen LogP contribution < -0.4 is 9.97 Å². The maximum Gasteiger partial charge on any atom is 0.547 e. The van der Waals surface area contributed by atoms with E-state index in [1.54, 1.807) is 12.1 Å². The van der Waals surface area contributed by atoms with Crippen LogP contribution >= 0.6 is 22.6 Å². The van der Waals surface area contributed by atoms with Crippen molar-refractivity contribution < 1.29 is 33.5 Å². The average Bonchev–Trinajstić information content (AvgIpc) is 2.59. The number of amides is 1. The first-order valence-corrected chi connectivity index (χ1v) is 9.09. The Bertz CT molecular complexity index is 783. The summed E-state index contributed by atoms with van der Waals surface area (Å²) in [5, 5.41) is 21.3. The molecule has 2 rings (SSSR count). The minimum atomic E-state index is -1.37. The van der Waals surface area contributed by atoms with E-state index in [2.05, 4.69) is 5.32 Å². The predicted octanol–water partition coefficient (Wildman–Crippen LogP) is 1.50. The lowest BCUT2D eigenvalue weighted by Crippen LogP contribution is -2.53. The summed E-state index contributed by atoms with van der Waals surface area (Å²) in [6.45, 7) is 1.40. The quantitative estimate of drug-likeness (QED) is 0.203. The molecule has 2 N–H and O–H groups in total. The van der Waals surface area contributed by atoms with E-state index in [1.807, 2.05) is 6.07 Å². The zero-order chi connectivity index (χ0) is 20.0. The van der Waals surface area contributed by atoms with Gasteiger partial charge in [0.1, 0.15) is 11.3 Å². The number of hydrogen-bond donors (Lipinski definition) is 2. The third kappa shape index (κ3) is 5.83. The van der Waals surface area contributed by atoms with Gasteiger partial charge in [-0.1, -0.05) is 12.1 Å². The molecule has 1 amide bonds. The number of esters is 1.